The van der Waals surface area contributed by atoms with E-state index in [9.17, 15) is 4.79 Å². The van der Waals surface area contributed by atoms with Gasteiger partial charge in [0.15, 0.2) is 5.76 Å². The third kappa shape index (κ3) is 5.59. The van der Waals surface area contributed by atoms with Gasteiger partial charge in [0.1, 0.15) is 17.5 Å². The summed E-state index contributed by atoms with van der Waals surface area (Å²) in [4.78, 5) is 28.8. The lowest BCUT2D eigenvalue weighted by Crippen LogP contribution is -2.16. The summed E-state index contributed by atoms with van der Waals surface area (Å²) in [6.45, 7) is 3.64. The smallest absolute Gasteiger partial charge is 0.412 e. The van der Waals surface area contributed by atoms with Crippen LogP contribution < -0.4 is 5.32 Å². The van der Waals surface area contributed by atoms with Gasteiger partial charge in [-0.15, -0.1) is 0 Å². The number of amides is 1. The quantitative estimate of drug-likeness (QED) is 0.347. The minimum absolute atomic E-state index is 0.250. The van der Waals surface area contributed by atoms with Crippen LogP contribution in [0.5, 0.6) is 0 Å². The van der Waals surface area contributed by atoms with Crippen LogP contribution in [-0.4, -0.2) is 17.4 Å². The number of fused-ring (bicyclic) bond motifs is 1. The number of hydrogen-bond donors (Lipinski definition) is 1. The zero-order valence-electron chi connectivity index (χ0n) is 20.1. The highest BCUT2D eigenvalue weighted by atomic mass is 16.6. The topological polar surface area (TPSA) is 98.5 Å². The van der Waals surface area contributed by atoms with Crippen molar-refractivity contribution in [3.8, 4) is 22.5 Å². The summed E-state index contributed by atoms with van der Waals surface area (Å²) >= 11 is 0. The van der Waals surface area contributed by atoms with Gasteiger partial charge in [0.25, 0.3) is 0 Å². The van der Waals surface area contributed by atoms with Crippen molar-refractivity contribution < 1.29 is 23.6 Å². The molecule has 0 spiro atoms. The molecule has 182 valence electrons. The number of aromatic nitrogens is 1. The summed E-state index contributed by atoms with van der Waals surface area (Å²) in [5.41, 5.74) is 8.17. The Bertz CT molecular complexity index is 1370. The van der Waals surface area contributed by atoms with Crippen molar-refractivity contribution in [1.82, 2.24) is 5.16 Å². The largest absolute Gasteiger partial charge is 0.441 e. The molecule has 1 aliphatic rings. The predicted molar refractivity (Wildman–Crippen MR) is 134 cm³/mol. The lowest BCUT2D eigenvalue weighted by Gasteiger charge is -2.14. The van der Waals surface area contributed by atoms with E-state index in [0.717, 1.165) is 23.1 Å². The van der Waals surface area contributed by atoms with Crippen LogP contribution in [0.4, 0.5) is 10.5 Å². The minimum Gasteiger partial charge on any atom is -0.441 e. The Morgan fingerprint density at radius 3 is 2.31 bits per heavy atom. The average Bonchev–Trinajstić information content (AvgIpc) is 3.51. The maximum Gasteiger partial charge on any atom is 0.412 e. The van der Waals surface area contributed by atoms with E-state index in [1.807, 2.05) is 49.4 Å². The van der Waals surface area contributed by atoms with Gasteiger partial charge in [-0.3, -0.25) is 5.32 Å². The highest BCUT2D eigenvalue weighted by Gasteiger charge is 2.20. The standard InChI is InChI=1S/C28H26N2O3.CO2/c1-18-26(29-28(31)32-19(2)20-7-4-3-5-8-20)27(33-30-18)23-14-11-22(12-15-23)25-16-13-21-9-6-10-24(21)17-25;2-1-3/h3-5,7-8,11-17,19H,6,9-10H2,1-2H3,(H,29,31);. The normalized spacial score (nSPS) is 12.5. The van der Waals surface area contributed by atoms with E-state index in [-0.39, 0.29) is 12.3 Å². The zero-order valence-corrected chi connectivity index (χ0v) is 20.1. The molecule has 1 atom stereocenters. The Morgan fingerprint density at radius 1 is 0.944 bits per heavy atom. The fraction of sp³-hybridized carbons (Fsp3) is 0.207. The molecule has 1 aliphatic carbocycles. The molecule has 3 aromatic carbocycles. The zero-order chi connectivity index (χ0) is 25.5. The molecule has 7 heteroatoms. The van der Waals surface area contributed by atoms with E-state index >= 15 is 0 Å². The lowest BCUT2D eigenvalue weighted by atomic mass is 9.99. The van der Waals surface area contributed by atoms with E-state index in [1.165, 1.54) is 29.5 Å². The molecular formula is C29H26N2O5. The van der Waals surface area contributed by atoms with Gasteiger partial charge in [-0.25, -0.2) is 4.79 Å². The third-order valence-electron chi connectivity index (χ3n) is 6.22. The van der Waals surface area contributed by atoms with Crippen LogP contribution in [0.25, 0.3) is 22.5 Å². The molecule has 1 aromatic heterocycles. The van der Waals surface area contributed by atoms with Crippen molar-refractivity contribution in [1.29, 1.82) is 0 Å². The number of hydrogen-bond acceptors (Lipinski definition) is 6. The summed E-state index contributed by atoms with van der Waals surface area (Å²) in [6, 6.07) is 24.5. The monoisotopic (exact) mass is 482 g/mol. The molecule has 5 rings (SSSR count). The Kier molecular flexibility index (Phi) is 7.73. The number of nitrogens with one attached hydrogen (secondary N) is 1. The van der Waals surface area contributed by atoms with Crippen LogP contribution in [0.1, 0.15) is 41.8 Å². The lowest BCUT2D eigenvalue weighted by molar-refractivity contribution is -0.191. The van der Waals surface area contributed by atoms with E-state index < -0.39 is 6.09 Å². The van der Waals surface area contributed by atoms with E-state index in [2.05, 4.69) is 40.8 Å². The highest BCUT2D eigenvalue weighted by Crippen LogP contribution is 2.34. The second-order valence-electron chi connectivity index (χ2n) is 8.55. The number of aryl methyl sites for hydroxylation is 3. The number of ether oxygens (including phenoxy) is 1. The Balaban J connectivity index is 0.000000967. The average molecular weight is 483 g/mol. The predicted octanol–water partition coefficient (Wildman–Crippen LogP) is 6.53. The second-order valence-corrected chi connectivity index (χ2v) is 8.55. The summed E-state index contributed by atoms with van der Waals surface area (Å²) in [5.74, 6) is 0.511. The van der Waals surface area contributed by atoms with Crippen molar-refractivity contribution in [2.75, 3.05) is 5.32 Å². The molecule has 0 fully saturated rings. The molecule has 7 nitrogen and oxygen atoms in total. The van der Waals surface area contributed by atoms with Gasteiger partial charge in [0, 0.05) is 5.56 Å². The Hall–Kier alpha value is -4.48. The maximum atomic E-state index is 12.6. The Labute approximate surface area is 209 Å². The highest BCUT2D eigenvalue weighted by molar-refractivity contribution is 5.91. The van der Waals surface area contributed by atoms with Crippen LogP contribution in [0.3, 0.4) is 0 Å². The molecule has 1 unspecified atom stereocenters. The van der Waals surface area contributed by atoms with Crippen molar-refractivity contribution in [3.05, 3.63) is 95.2 Å². The maximum absolute atomic E-state index is 12.6. The van der Waals surface area contributed by atoms with Gasteiger partial charge in [0.05, 0.1) is 0 Å². The first-order valence-electron chi connectivity index (χ1n) is 11.7. The van der Waals surface area contributed by atoms with Crippen molar-refractivity contribution in [2.45, 2.75) is 39.2 Å². The number of anilines is 1. The van der Waals surface area contributed by atoms with Crippen LogP contribution >= 0.6 is 0 Å². The van der Waals surface area contributed by atoms with Gasteiger partial charge < -0.3 is 9.26 Å². The first-order valence-corrected chi connectivity index (χ1v) is 11.7. The van der Waals surface area contributed by atoms with E-state index in [0.29, 0.717) is 17.1 Å². The van der Waals surface area contributed by atoms with Crippen molar-refractivity contribution in [3.63, 3.8) is 0 Å². The Morgan fingerprint density at radius 2 is 1.58 bits per heavy atom. The van der Waals surface area contributed by atoms with Gasteiger partial charge in [-0.05, 0) is 60.9 Å². The first kappa shape index (κ1) is 24.6. The van der Waals surface area contributed by atoms with Gasteiger partial charge in [-0.1, -0.05) is 78.0 Å². The molecule has 0 aliphatic heterocycles. The minimum atomic E-state index is -0.548. The summed E-state index contributed by atoms with van der Waals surface area (Å²) in [5, 5.41) is 6.87. The molecule has 0 radical (unpaired) electrons. The molecule has 36 heavy (non-hydrogen) atoms. The number of nitrogens with zero attached hydrogens (tertiary/aromatic N) is 1. The molecule has 0 saturated heterocycles. The van der Waals surface area contributed by atoms with Gasteiger partial charge in [-0.2, -0.15) is 9.59 Å². The van der Waals surface area contributed by atoms with Crippen LogP contribution in [0.2, 0.25) is 0 Å². The van der Waals surface area contributed by atoms with Gasteiger partial charge in [0.2, 0.25) is 0 Å². The van der Waals surface area contributed by atoms with E-state index in [1.54, 1.807) is 6.92 Å². The molecule has 1 N–H and O–H groups in total. The van der Waals surface area contributed by atoms with Crippen molar-refractivity contribution in [2.24, 2.45) is 0 Å². The molecule has 0 saturated carbocycles. The fourth-order valence-electron chi connectivity index (χ4n) is 4.36. The molecule has 1 heterocycles. The second kappa shape index (κ2) is 11.3. The van der Waals surface area contributed by atoms with E-state index in [4.69, 9.17) is 18.8 Å². The van der Waals surface area contributed by atoms with Gasteiger partial charge >= 0.3 is 12.2 Å². The molecular weight excluding hydrogens is 456 g/mol. The SMILES string of the molecule is Cc1noc(-c2ccc(-c3ccc4c(c3)CCC4)cc2)c1NC(=O)OC(C)c1ccccc1.O=C=O. The van der Waals surface area contributed by atoms with Crippen LogP contribution in [-0.2, 0) is 27.2 Å². The van der Waals surface area contributed by atoms with Crippen molar-refractivity contribution >= 4 is 17.9 Å². The fourth-order valence-corrected chi connectivity index (χ4v) is 4.36. The number of rotatable bonds is 5. The first-order chi connectivity index (χ1) is 17.5. The number of carbonyl (C=O) groups is 1. The third-order valence-corrected chi connectivity index (χ3v) is 6.22. The number of benzene rings is 3. The molecule has 0 bridgehead atoms. The van der Waals surface area contributed by atoms with Crippen LogP contribution in [0, 0.1) is 6.92 Å². The molecule has 1 amide bonds. The summed E-state index contributed by atoms with van der Waals surface area (Å²) in [6.07, 6.45) is 2.91. The number of carbonyl (C=O) groups excluding carboxylic acids is 3. The van der Waals surface area contributed by atoms with Crippen LogP contribution in [0.15, 0.2) is 77.3 Å². The summed E-state index contributed by atoms with van der Waals surface area (Å²) < 4.78 is 11.1. The molecule has 4 aromatic rings. The summed E-state index contributed by atoms with van der Waals surface area (Å²) in [7, 11) is 0.